The Balaban J connectivity index is 3.70. The zero-order chi connectivity index (χ0) is 32.4. The number of hydrogen-bond donors (Lipinski definition) is 3. The molecule has 0 aliphatic heterocycles. The number of ether oxygens (including phenoxy) is 1. The van der Waals surface area contributed by atoms with Crippen molar-refractivity contribution in [1.82, 2.24) is 5.32 Å². The fraction of sp³-hybridized carbons (Fsp3) is 1.00. The summed E-state index contributed by atoms with van der Waals surface area (Å²) in [7, 11) is -4.59. The van der Waals surface area contributed by atoms with E-state index in [1.165, 1.54) is 167 Å². The summed E-state index contributed by atoms with van der Waals surface area (Å²) < 4.78 is 22.5. The molecule has 6 nitrogen and oxygen atoms in total. The van der Waals surface area contributed by atoms with Gasteiger partial charge in [-0.3, -0.25) is 9.84 Å². The van der Waals surface area contributed by atoms with Gasteiger partial charge in [-0.1, -0.05) is 194 Å². The van der Waals surface area contributed by atoms with Gasteiger partial charge in [-0.25, -0.2) is 4.57 Å². The summed E-state index contributed by atoms with van der Waals surface area (Å²) in [6, 6.07) is 0. The predicted molar refractivity (Wildman–Crippen MR) is 190 cm³/mol. The maximum atomic E-state index is 11.5. The highest BCUT2D eigenvalue weighted by molar-refractivity contribution is 7.46. The number of phosphoric ester groups is 1. The monoisotopic (exact) mass is 648 g/mol. The first-order valence-corrected chi connectivity index (χ1v) is 21.0. The molecule has 0 saturated carbocycles. The number of phosphoric acid groups is 1. The van der Waals surface area contributed by atoms with E-state index < -0.39 is 20.2 Å². The highest BCUT2D eigenvalue weighted by atomic mass is 31.2. The van der Waals surface area contributed by atoms with E-state index in [1.54, 1.807) is 0 Å². The van der Waals surface area contributed by atoms with Gasteiger partial charge in [-0.15, -0.1) is 0 Å². The third kappa shape index (κ3) is 34.9. The van der Waals surface area contributed by atoms with Gasteiger partial charge in [0.2, 0.25) is 0 Å². The van der Waals surface area contributed by atoms with Crippen LogP contribution in [0.25, 0.3) is 0 Å². The normalized spacial score (nSPS) is 13.5. The van der Waals surface area contributed by atoms with Gasteiger partial charge in [-0.05, 0) is 26.3 Å². The summed E-state index contributed by atoms with van der Waals surface area (Å²) in [5.41, 5.74) is 0. The minimum absolute atomic E-state index is 0.411. The van der Waals surface area contributed by atoms with Crippen molar-refractivity contribution in [2.24, 2.45) is 0 Å². The molecule has 0 rings (SSSR count). The second kappa shape index (κ2) is 34.4. The number of nitrogens with one attached hydrogen (secondary N) is 1. The molecule has 0 spiro atoms. The zero-order valence-electron chi connectivity index (χ0n) is 29.8. The van der Waals surface area contributed by atoms with Crippen molar-refractivity contribution in [2.75, 3.05) is 13.2 Å². The molecule has 44 heavy (non-hydrogen) atoms. The third-order valence-corrected chi connectivity index (χ3v) is 9.43. The highest BCUT2D eigenvalue weighted by Crippen LogP contribution is 2.38. The van der Waals surface area contributed by atoms with Crippen LogP contribution in [0, 0.1) is 0 Å². The van der Waals surface area contributed by atoms with Gasteiger partial charge >= 0.3 is 7.82 Å². The molecule has 0 amide bonds. The van der Waals surface area contributed by atoms with Crippen LogP contribution < -0.4 is 5.32 Å². The largest absolute Gasteiger partial charge is 0.471 e. The maximum absolute atomic E-state index is 11.5. The van der Waals surface area contributed by atoms with E-state index >= 15 is 0 Å². The molecule has 0 heterocycles. The van der Waals surface area contributed by atoms with Crippen molar-refractivity contribution in [3.05, 3.63) is 0 Å². The van der Waals surface area contributed by atoms with Gasteiger partial charge in [0.1, 0.15) is 6.23 Å². The van der Waals surface area contributed by atoms with Gasteiger partial charge in [0.15, 0.2) is 0 Å². The average molecular weight is 648 g/mol. The van der Waals surface area contributed by atoms with E-state index in [9.17, 15) is 14.4 Å². The van der Waals surface area contributed by atoms with Crippen molar-refractivity contribution in [3.63, 3.8) is 0 Å². The molecule has 0 aromatic carbocycles. The quantitative estimate of drug-likeness (QED) is 0.0353. The minimum Gasteiger partial charge on any atom is -0.374 e. The zero-order valence-corrected chi connectivity index (χ0v) is 30.7. The molecule has 7 heteroatoms. The molecule has 0 saturated heterocycles. The summed E-state index contributed by atoms with van der Waals surface area (Å²) in [4.78, 5) is 18.8. The van der Waals surface area contributed by atoms with Crippen LogP contribution in [0.15, 0.2) is 0 Å². The molecule has 0 aliphatic rings. The fourth-order valence-electron chi connectivity index (χ4n) is 6.01. The van der Waals surface area contributed by atoms with Crippen molar-refractivity contribution in [1.29, 1.82) is 0 Å². The Hall–Kier alpha value is 0.0300. The van der Waals surface area contributed by atoms with Crippen LogP contribution >= 0.6 is 7.82 Å². The molecular weight excluding hydrogens is 569 g/mol. The van der Waals surface area contributed by atoms with Crippen molar-refractivity contribution < 1.29 is 23.6 Å². The highest BCUT2D eigenvalue weighted by Gasteiger charge is 2.27. The minimum atomic E-state index is -4.59. The number of hydrogen-bond acceptors (Lipinski definition) is 4. The summed E-state index contributed by atoms with van der Waals surface area (Å²) in [5, 5.41) is 3.19. The van der Waals surface area contributed by atoms with Crippen LogP contribution in [0.5, 0.6) is 0 Å². The molecule has 0 aliphatic carbocycles. The van der Waals surface area contributed by atoms with E-state index in [2.05, 4.69) is 19.2 Å². The van der Waals surface area contributed by atoms with Crippen LogP contribution in [0.2, 0.25) is 0 Å². The molecule has 2 unspecified atom stereocenters. The Morgan fingerprint density at radius 3 is 1.11 bits per heavy atom. The van der Waals surface area contributed by atoms with Gasteiger partial charge in [0, 0.05) is 6.61 Å². The SMILES string of the molecule is CCCCCCCCCCCCCCCCCCNC(OP(=O)(O)O)C(C)OCCCCCCCCCCCCCCCC. The lowest BCUT2D eigenvalue weighted by molar-refractivity contribution is -0.0405. The van der Waals surface area contributed by atoms with Crippen LogP contribution in [0.1, 0.15) is 213 Å². The first-order chi connectivity index (χ1) is 21.4. The lowest BCUT2D eigenvalue weighted by atomic mass is 10.0. The van der Waals surface area contributed by atoms with Crippen molar-refractivity contribution >= 4 is 7.82 Å². The number of rotatable bonds is 37. The maximum Gasteiger partial charge on any atom is 0.471 e. The summed E-state index contributed by atoms with van der Waals surface area (Å²) in [5.74, 6) is 0. The van der Waals surface area contributed by atoms with Crippen molar-refractivity contribution in [3.8, 4) is 0 Å². The molecule has 2 atom stereocenters. The predicted octanol–water partition coefficient (Wildman–Crippen LogP) is 12.2. The van der Waals surface area contributed by atoms with Crippen LogP contribution in [-0.4, -0.2) is 35.3 Å². The van der Waals surface area contributed by atoms with Crippen LogP contribution in [-0.2, 0) is 13.8 Å². The average Bonchev–Trinajstić information content (AvgIpc) is 2.99. The van der Waals surface area contributed by atoms with Crippen molar-refractivity contribution in [2.45, 2.75) is 226 Å². The lowest BCUT2D eigenvalue weighted by Crippen LogP contribution is -2.42. The molecular formula is C37H78NO5P. The Morgan fingerprint density at radius 2 is 0.795 bits per heavy atom. The summed E-state index contributed by atoms with van der Waals surface area (Å²) in [6.07, 6.45) is 38.5. The molecule has 0 aromatic heterocycles. The van der Waals surface area contributed by atoms with E-state index in [4.69, 9.17) is 9.26 Å². The fourth-order valence-corrected chi connectivity index (χ4v) is 6.55. The first kappa shape index (κ1) is 44.0. The topological polar surface area (TPSA) is 88.0 Å². The summed E-state index contributed by atoms with van der Waals surface area (Å²) in [6.45, 7) is 7.66. The molecule has 0 fully saturated rings. The van der Waals surface area contributed by atoms with E-state index in [0.717, 1.165) is 25.7 Å². The lowest BCUT2D eigenvalue weighted by Gasteiger charge is -2.25. The second-order valence-electron chi connectivity index (χ2n) is 13.4. The van der Waals surface area contributed by atoms with Gasteiger partial charge < -0.3 is 14.5 Å². The molecule has 266 valence electrons. The Morgan fingerprint density at radius 1 is 0.500 bits per heavy atom. The first-order valence-electron chi connectivity index (χ1n) is 19.5. The third-order valence-electron chi connectivity index (χ3n) is 8.93. The summed E-state index contributed by atoms with van der Waals surface area (Å²) >= 11 is 0. The molecule has 0 aromatic rings. The van der Waals surface area contributed by atoms with E-state index in [-0.39, 0.29) is 0 Å². The van der Waals surface area contributed by atoms with Gasteiger partial charge in [-0.2, -0.15) is 0 Å². The Bertz CT molecular complexity index is 602. The number of unbranched alkanes of at least 4 members (excludes halogenated alkanes) is 28. The Kier molecular flexibility index (Phi) is 34.4. The smallest absolute Gasteiger partial charge is 0.374 e. The van der Waals surface area contributed by atoms with Crippen LogP contribution in [0.4, 0.5) is 0 Å². The van der Waals surface area contributed by atoms with E-state index in [1.807, 2.05) is 6.92 Å². The van der Waals surface area contributed by atoms with E-state index in [0.29, 0.717) is 13.2 Å². The van der Waals surface area contributed by atoms with Gasteiger partial charge in [0.25, 0.3) is 0 Å². The molecule has 3 N–H and O–H groups in total. The standard InChI is InChI=1S/C37H78NO5P/c1-4-6-8-10-12-14-16-18-20-21-22-24-26-28-30-32-34-38-37(43-44(39,40)41)36(3)42-35-33-31-29-27-25-23-19-17-15-13-11-9-7-5-2/h36-38H,4-35H2,1-3H3,(H2,39,40,41). The Labute approximate surface area is 275 Å². The van der Waals surface area contributed by atoms with Crippen LogP contribution in [0.3, 0.4) is 0 Å². The van der Waals surface area contributed by atoms with Gasteiger partial charge in [0.05, 0.1) is 6.10 Å². The molecule has 0 radical (unpaired) electrons. The second-order valence-corrected chi connectivity index (χ2v) is 14.6. The molecule has 0 bridgehead atoms.